The lowest BCUT2D eigenvalue weighted by molar-refractivity contribution is -0.122. The van der Waals surface area contributed by atoms with Crippen LogP contribution in [-0.2, 0) is 17.3 Å². The van der Waals surface area contributed by atoms with Crippen molar-refractivity contribution < 1.29 is 4.79 Å². The number of nitrogens with one attached hydrogen (secondary N) is 1. The van der Waals surface area contributed by atoms with Crippen LogP contribution in [0.25, 0.3) is 0 Å². The maximum atomic E-state index is 12.1. The van der Waals surface area contributed by atoms with E-state index >= 15 is 0 Å². The van der Waals surface area contributed by atoms with Crippen molar-refractivity contribution >= 4 is 17.2 Å². The number of hydrogen-bond donors (Lipinski definition) is 2. The molecule has 0 radical (unpaired) electrons. The first-order chi connectivity index (χ1) is 9.40. The van der Waals surface area contributed by atoms with E-state index in [9.17, 15) is 4.79 Å². The van der Waals surface area contributed by atoms with Crippen LogP contribution in [-0.4, -0.2) is 22.2 Å². The summed E-state index contributed by atoms with van der Waals surface area (Å²) in [5.41, 5.74) is 6.56. The molecule has 0 bridgehead atoms. The number of carbonyl (C=O) groups excluding carboxylic acids is 1. The van der Waals surface area contributed by atoms with Gasteiger partial charge in [0.2, 0.25) is 5.91 Å². The van der Waals surface area contributed by atoms with Crippen LogP contribution in [0.1, 0.15) is 30.3 Å². The summed E-state index contributed by atoms with van der Waals surface area (Å²) < 4.78 is 1.64. The van der Waals surface area contributed by atoms with Gasteiger partial charge in [0.25, 0.3) is 0 Å². The predicted octanol–water partition coefficient (Wildman–Crippen LogP) is 1.58. The zero-order valence-corrected chi connectivity index (χ0v) is 12.8. The molecule has 6 heteroatoms. The van der Waals surface area contributed by atoms with E-state index < -0.39 is 6.04 Å². The molecule has 2 aromatic heterocycles. The van der Waals surface area contributed by atoms with Crippen molar-refractivity contribution in [2.24, 2.45) is 12.8 Å². The molecule has 1 unspecified atom stereocenters. The molecule has 2 rings (SSSR count). The minimum absolute atomic E-state index is 0.0987. The van der Waals surface area contributed by atoms with E-state index in [1.54, 1.807) is 35.5 Å². The van der Waals surface area contributed by atoms with Crippen LogP contribution in [0.2, 0.25) is 0 Å². The summed E-state index contributed by atoms with van der Waals surface area (Å²) in [7, 11) is 1.80. The molecule has 3 N–H and O–H groups in total. The minimum Gasteiger partial charge on any atom is -0.354 e. The van der Waals surface area contributed by atoms with Crippen molar-refractivity contribution in [2.75, 3.05) is 6.54 Å². The highest BCUT2D eigenvalue weighted by Gasteiger charge is 2.24. The van der Waals surface area contributed by atoms with Crippen molar-refractivity contribution in [3.05, 3.63) is 40.3 Å². The van der Waals surface area contributed by atoms with E-state index in [1.807, 2.05) is 11.4 Å². The number of aryl methyl sites for hydroxylation is 1. The summed E-state index contributed by atoms with van der Waals surface area (Å²) in [4.78, 5) is 13.3. The largest absolute Gasteiger partial charge is 0.354 e. The fourth-order valence-electron chi connectivity index (χ4n) is 1.92. The molecule has 0 aliphatic carbocycles. The molecule has 1 atom stereocenters. The fraction of sp³-hybridized carbons (Fsp3) is 0.429. The molecule has 0 aromatic carbocycles. The Morgan fingerprint density at radius 1 is 1.60 bits per heavy atom. The van der Waals surface area contributed by atoms with E-state index in [-0.39, 0.29) is 11.3 Å². The molecule has 0 saturated carbocycles. The van der Waals surface area contributed by atoms with Gasteiger partial charge < -0.3 is 11.1 Å². The van der Waals surface area contributed by atoms with Crippen molar-refractivity contribution in [3.63, 3.8) is 0 Å². The Morgan fingerprint density at radius 3 is 2.90 bits per heavy atom. The van der Waals surface area contributed by atoms with Gasteiger partial charge in [-0.2, -0.15) is 5.10 Å². The first kappa shape index (κ1) is 14.7. The smallest absolute Gasteiger partial charge is 0.241 e. The van der Waals surface area contributed by atoms with Gasteiger partial charge in [0.15, 0.2) is 0 Å². The second kappa shape index (κ2) is 5.76. The minimum atomic E-state index is -0.678. The molecule has 0 saturated heterocycles. The third-order valence-electron chi connectivity index (χ3n) is 3.26. The summed E-state index contributed by atoms with van der Waals surface area (Å²) in [6, 6.07) is 3.42. The molecule has 0 spiro atoms. The van der Waals surface area contributed by atoms with Gasteiger partial charge in [-0.25, -0.2) is 0 Å². The van der Waals surface area contributed by atoms with E-state index in [1.165, 1.54) is 4.88 Å². The van der Waals surface area contributed by atoms with Gasteiger partial charge in [-0.3, -0.25) is 9.48 Å². The molecular weight excluding hydrogens is 272 g/mol. The van der Waals surface area contributed by atoms with E-state index in [2.05, 4.69) is 30.3 Å². The molecular formula is C14H20N4OS. The van der Waals surface area contributed by atoms with Crippen molar-refractivity contribution in [2.45, 2.75) is 25.3 Å². The first-order valence-corrected chi connectivity index (χ1v) is 7.34. The van der Waals surface area contributed by atoms with Crippen LogP contribution in [0.4, 0.5) is 0 Å². The standard InChI is InChI=1S/C14H20N4OS/c1-14(2,11-5-4-6-20-11)9-16-13(19)12(15)10-7-17-18(3)8-10/h4-8,12H,9,15H2,1-3H3,(H,16,19). The second-order valence-electron chi connectivity index (χ2n) is 5.50. The topological polar surface area (TPSA) is 72.9 Å². The molecule has 5 nitrogen and oxygen atoms in total. The van der Waals surface area contributed by atoms with Gasteiger partial charge in [-0.1, -0.05) is 19.9 Å². The highest BCUT2D eigenvalue weighted by Crippen LogP contribution is 2.26. The van der Waals surface area contributed by atoms with Crippen molar-refractivity contribution in [3.8, 4) is 0 Å². The third-order valence-corrected chi connectivity index (χ3v) is 4.50. The maximum Gasteiger partial charge on any atom is 0.241 e. The molecule has 0 aliphatic rings. The highest BCUT2D eigenvalue weighted by molar-refractivity contribution is 7.10. The molecule has 2 heterocycles. The Kier molecular flexibility index (Phi) is 4.25. The van der Waals surface area contributed by atoms with Crippen molar-refractivity contribution in [1.82, 2.24) is 15.1 Å². The first-order valence-electron chi connectivity index (χ1n) is 6.46. The predicted molar refractivity (Wildman–Crippen MR) is 80.5 cm³/mol. The number of thiophene rings is 1. The number of nitrogens with two attached hydrogens (primary N) is 1. The van der Waals surface area contributed by atoms with Gasteiger partial charge >= 0.3 is 0 Å². The SMILES string of the molecule is Cn1cc(C(N)C(=O)NCC(C)(C)c2cccs2)cn1. The van der Waals surface area contributed by atoms with Crippen LogP contribution in [0.3, 0.4) is 0 Å². The van der Waals surface area contributed by atoms with Gasteiger partial charge in [0.1, 0.15) is 6.04 Å². The Bertz CT molecular complexity index is 574. The van der Waals surface area contributed by atoms with Gasteiger partial charge in [-0.15, -0.1) is 11.3 Å². The van der Waals surface area contributed by atoms with Crippen LogP contribution in [0.5, 0.6) is 0 Å². The average Bonchev–Trinajstić information content (AvgIpc) is 3.06. The van der Waals surface area contributed by atoms with E-state index in [0.717, 1.165) is 5.56 Å². The van der Waals surface area contributed by atoms with Crippen LogP contribution < -0.4 is 11.1 Å². The zero-order chi connectivity index (χ0) is 14.8. The molecule has 108 valence electrons. The maximum absolute atomic E-state index is 12.1. The summed E-state index contributed by atoms with van der Waals surface area (Å²) in [5.74, 6) is -0.178. The fourth-order valence-corrected chi connectivity index (χ4v) is 2.77. The third kappa shape index (κ3) is 3.26. The molecule has 0 aliphatic heterocycles. The van der Waals surface area contributed by atoms with Gasteiger partial charge in [0, 0.05) is 35.6 Å². The van der Waals surface area contributed by atoms with E-state index in [4.69, 9.17) is 5.73 Å². The number of aromatic nitrogens is 2. The lowest BCUT2D eigenvalue weighted by Crippen LogP contribution is -2.40. The molecule has 2 aromatic rings. The lowest BCUT2D eigenvalue weighted by atomic mass is 9.91. The zero-order valence-electron chi connectivity index (χ0n) is 12.0. The average molecular weight is 292 g/mol. The summed E-state index contributed by atoms with van der Waals surface area (Å²) >= 11 is 1.69. The summed E-state index contributed by atoms with van der Waals surface area (Å²) in [6.07, 6.45) is 3.38. The van der Waals surface area contributed by atoms with Crippen LogP contribution >= 0.6 is 11.3 Å². The molecule has 20 heavy (non-hydrogen) atoms. The Hall–Kier alpha value is -1.66. The van der Waals surface area contributed by atoms with Crippen LogP contribution in [0, 0.1) is 0 Å². The number of carbonyl (C=O) groups is 1. The normalized spacial score (nSPS) is 13.2. The summed E-state index contributed by atoms with van der Waals surface area (Å²) in [6.45, 7) is 4.77. The van der Waals surface area contributed by atoms with Gasteiger partial charge in [0.05, 0.1) is 6.20 Å². The second-order valence-corrected chi connectivity index (χ2v) is 6.45. The summed E-state index contributed by atoms with van der Waals surface area (Å²) in [5, 5.41) is 8.99. The lowest BCUT2D eigenvalue weighted by Gasteiger charge is -2.24. The molecule has 0 fully saturated rings. The molecule has 1 amide bonds. The quantitative estimate of drug-likeness (QED) is 0.878. The monoisotopic (exact) mass is 292 g/mol. The Morgan fingerprint density at radius 2 is 2.35 bits per heavy atom. The van der Waals surface area contributed by atoms with E-state index in [0.29, 0.717) is 6.54 Å². The van der Waals surface area contributed by atoms with Gasteiger partial charge in [-0.05, 0) is 11.4 Å². The Labute approximate surface area is 122 Å². The number of nitrogens with zero attached hydrogens (tertiary/aromatic N) is 2. The Balaban J connectivity index is 1.95. The number of rotatable bonds is 5. The number of hydrogen-bond acceptors (Lipinski definition) is 4. The van der Waals surface area contributed by atoms with Crippen LogP contribution in [0.15, 0.2) is 29.9 Å². The highest BCUT2D eigenvalue weighted by atomic mass is 32.1. The van der Waals surface area contributed by atoms with Crippen molar-refractivity contribution in [1.29, 1.82) is 0 Å². The number of amides is 1.